The second-order valence-electron chi connectivity index (χ2n) is 6.53. The molecule has 0 fully saturated rings. The van der Waals surface area contributed by atoms with Crippen molar-refractivity contribution in [2.75, 3.05) is 34.3 Å². The molecule has 27 heavy (non-hydrogen) atoms. The maximum absolute atomic E-state index is 5.97. The second kappa shape index (κ2) is 13.7. The average Bonchev–Trinajstić information content (AvgIpc) is 2.61. The summed E-state index contributed by atoms with van der Waals surface area (Å²) in [5.41, 5.74) is 3.63. The lowest BCUT2D eigenvalue weighted by molar-refractivity contribution is 0.283. The lowest BCUT2D eigenvalue weighted by Crippen LogP contribution is -2.21. The summed E-state index contributed by atoms with van der Waals surface area (Å²) in [6.45, 7) is 5.59. The number of ether oxygens (including phenoxy) is 2. The number of benzene rings is 2. The topological polar surface area (TPSA) is 33.7 Å². The normalized spacial score (nSPS) is 10.1. The van der Waals surface area contributed by atoms with Gasteiger partial charge in [-0.2, -0.15) is 0 Å². The zero-order valence-corrected chi connectivity index (χ0v) is 18.3. The van der Waals surface area contributed by atoms with Gasteiger partial charge in [0, 0.05) is 6.54 Å². The van der Waals surface area contributed by atoms with Crippen LogP contribution in [0.3, 0.4) is 0 Å². The van der Waals surface area contributed by atoms with E-state index >= 15 is 0 Å². The van der Waals surface area contributed by atoms with E-state index < -0.39 is 0 Å². The van der Waals surface area contributed by atoms with Crippen LogP contribution < -0.4 is 14.8 Å². The standard InChI is InChI=1S/C21H30N2O2.2ClH/c1-17-8-5-6-9-19(17)16-25-20-11-10-18(14-21(20)24-4)15-22-12-7-13-23(2)3;;/h5-6,8-11,14,22H,7,12-13,15-16H2,1-4H3;2*1H. The molecule has 0 aliphatic carbocycles. The maximum Gasteiger partial charge on any atom is 0.161 e. The van der Waals surface area contributed by atoms with Gasteiger partial charge in [0.05, 0.1) is 7.11 Å². The number of hydrogen-bond donors (Lipinski definition) is 1. The number of nitrogens with one attached hydrogen (secondary N) is 1. The molecule has 0 amide bonds. The second-order valence-corrected chi connectivity index (χ2v) is 6.53. The Bertz CT molecular complexity index is 666. The van der Waals surface area contributed by atoms with Gasteiger partial charge in [0.15, 0.2) is 11.5 Å². The Hall–Kier alpha value is -1.46. The predicted molar refractivity (Wildman–Crippen MR) is 118 cm³/mol. The van der Waals surface area contributed by atoms with Crippen molar-refractivity contribution >= 4 is 24.8 Å². The number of halogens is 2. The van der Waals surface area contributed by atoms with E-state index in [0.717, 1.165) is 37.6 Å². The van der Waals surface area contributed by atoms with Crippen molar-refractivity contribution in [3.8, 4) is 11.5 Å². The quantitative estimate of drug-likeness (QED) is 0.581. The zero-order valence-electron chi connectivity index (χ0n) is 16.7. The van der Waals surface area contributed by atoms with Crippen LogP contribution >= 0.6 is 24.8 Å². The molecule has 2 rings (SSSR count). The fourth-order valence-corrected chi connectivity index (χ4v) is 2.62. The van der Waals surface area contributed by atoms with Crippen LogP contribution in [-0.4, -0.2) is 39.2 Å². The van der Waals surface area contributed by atoms with E-state index in [-0.39, 0.29) is 24.8 Å². The van der Waals surface area contributed by atoms with Gasteiger partial charge in [-0.05, 0) is 69.4 Å². The Morgan fingerprint density at radius 2 is 1.74 bits per heavy atom. The molecule has 2 aromatic carbocycles. The molecular formula is C21H32Cl2N2O2. The molecule has 0 saturated carbocycles. The first-order valence-corrected chi connectivity index (χ1v) is 8.80. The van der Waals surface area contributed by atoms with Crippen LogP contribution in [0.5, 0.6) is 11.5 Å². The summed E-state index contributed by atoms with van der Waals surface area (Å²) >= 11 is 0. The SMILES string of the molecule is COc1cc(CNCCCN(C)C)ccc1OCc1ccccc1C.Cl.Cl. The van der Waals surface area contributed by atoms with Gasteiger partial charge < -0.3 is 19.7 Å². The lowest BCUT2D eigenvalue weighted by atomic mass is 10.1. The Morgan fingerprint density at radius 1 is 1.00 bits per heavy atom. The number of aryl methyl sites for hydroxylation is 1. The highest BCUT2D eigenvalue weighted by Crippen LogP contribution is 2.29. The van der Waals surface area contributed by atoms with Crippen molar-refractivity contribution in [3.05, 3.63) is 59.2 Å². The van der Waals surface area contributed by atoms with Crippen molar-refractivity contribution in [3.63, 3.8) is 0 Å². The van der Waals surface area contributed by atoms with Crippen LogP contribution in [0.1, 0.15) is 23.1 Å². The molecule has 0 aromatic heterocycles. The molecule has 6 heteroatoms. The molecule has 0 radical (unpaired) electrons. The average molecular weight is 415 g/mol. The Labute approximate surface area is 176 Å². The number of hydrogen-bond acceptors (Lipinski definition) is 4. The van der Waals surface area contributed by atoms with Gasteiger partial charge in [0.2, 0.25) is 0 Å². The van der Waals surface area contributed by atoms with Crippen LogP contribution in [-0.2, 0) is 13.2 Å². The molecule has 0 heterocycles. The van der Waals surface area contributed by atoms with Crippen LogP contribution in [0, 0.1) is 6.92 Å². The van der Waals surface area contributed by atoms with Gasteiger partial charge >= 0.3 is 0 Å². The summed E-state index contributed by atoms with van der Waals surface area (Å²) in [5, 5.41) is 3.47. The third-order valence-corrected chi connectivity index (χ3v) is 4.16. The van der Waals surface area contributed by atoms with E-state index in [1.165, 1.54) is 16.7 Å². The Kier molecular flexibility index (Phi) is 12.9. The Balaban J connectivity index is 0.00000338. The molecule has 0 aliphatic heterocycles. The minimum atomic E-state index is 0. The molecule has 152 valence electrons. The molecular weight excluding hydrogens is 383 g/mol. The predicted octanol–water partition coefficient (Wildman–Crippen LogP) is 4.47. The molecule has 4 nitrogen and oxygen atoms in total. The highest BCUT2D eigenvalue weighted by Gasteiger charge is 2.07. The smallest absolute Gasteiger partial charge is 0.161 e. The molecule has 0 unspecified atom stereocenters. The van der Waals surface area contributed by atoms with Crippen LogP contribution in [0.25, 0.3) is 0 Å². The van der Waals surface area contributed by atoms with Crippen LogP contribution in [0.15, 0.2) is 42.5 Å². The van der Waals surface area contributed by atoms with Gasteiger partial charge in [0.25, 0.3) is 0 Å². The molecule has 2 aromatic rings. The minimum Gasteiger partial charge on any atom is -0.493 e. The monoisotopic (exact) mass is 414 g/mol. The van der Waals surface area contributed by atoms with E-state index in [4.69, 9.17) is 9.47 Å². The molecule has 1 N–H and O–H groups in total. The summed E-state index contributed by atoms with van der Waals surface area (Å²) in [7, 11) is 5.88. The number of rotatable bonds is 10. The highest BCUT2D eigenvalue weighted by molar-refractivity contribution is 5.85. The number of methoxy groups -OCH3 is 1. The van der Waals surface area contributed by atoms with Gasteiger partial charge in [0.1, 0.15) is 6.61 Å². The summed E-state index contributed by atoms with van der Waals surface area (Å²) in [4.78, 5) is 2.20. The molecule has 0 bridgehead atoms. The summed E-state index contributed by atoms with van der Waals surface area (Å²) in [6, 6.07) is 14.4. The van der Waals surface area contributed by atoms with Crippen molar-refractivity contribution in [1.29, 1.82) is 0 Å². The van der Waals surface area contributed by atoms with Crippen molar-refractivity contribution in [2.45, 2.75) is 26.5 Å². The van der Waals surface area contributed by atoms with Gasteiger partial charge in [-0.3, -0.25) is 0 Å². The lowest BCUT2D eigenvalue weighted by Gasteiger charge is -2.14. The first-order chi connectivity index (χ1) is 12.1. The van der Waals surface area contributed by atoms with Crippen molar-refractivity contribution in [2.24, 2.45) is 0 Å². The first-order valence-electron chi connectivity index (χ1n) is 8.80. The summed E-state index contributed by atoms with van der Waals surface area (Å²) in [6.07, 6.45) is 1.14. The molecule has 0 saturated heterocycles. The Morgan fingerprint density at radius 3 is 2.41 bits per heavy atom. The van der Waals surface area contributed by atoms with Gasteiger partial charge in [-0.15, -0.1) is 24.8 Å². The fourth-order valence-electron chi connectivity index (χ4n) is 2.62. The van der Waals surface area contributed by atoms with Crippen LogP contribution in [0.4, 0.5) is 0 Å². The third kappa shape index (κ3) is 8.85. The first kappa shape index (κ1) is 25.5. The third-order valence-electron chi connectivity index (χ3n) is 4.16. The van der Waals surface area contributed by atoms with E-state index in [0.29, 0.717) is 6.61 Å². The van der Waals surface area contributed by atoms with E-state index in [9.17, 15) is 0 Å². The van der Waals surface area contributed by atoms with E-state index in [1.807, 2.05) is 24.3 Å². The van der Waals surface area contributed by atoms with E-state index in [2.05, 4.69) is 49.4 Å². The van der Waals surface area contributed by atoms with Gasteiger partial charge in [-0.1, -0.05) is 30.3 Å². The number of nitrogens with zero attached hydrogens (tertiary/aromatic N) is 1. The van der Waals surface area contributed by atoms with E-state index in [1.54, 1.807) is 7.11 Å². The minimum absolute atomic E-state index is 0. The van der Waals surface area contributed by atoms with Gasteiger partial charge in [-0.25, -0.2) is 0 Å². The molecule has 0 atom stereocenters. The van der Waals surface area contributed by atoms with Crippen molar-refractivity contribution in [1.82, 2.24) is 10.2 Å². The summed E-state index contributed by atoms with van der Waals surface area (Å²) < 4.78 is 11.5. The largest absolute Gasteiger partial charge is 0.493 e. The van der Waals surface area contributed by atoms with Crippen molar-refractivity contribution < 1.29 is 9.47 Å². The fraction of sp³-hybridized carbons (Fsp3) is 0.429. The molecule has 0 spiro atoms. The summed E-state index contributed by atoms with van der Waals surface area (Å²) in [5.74, 6) is 1.56. The zero-order chi connectivity index (χ0) is 18.1. The maximum atomic E-state index is 5.97. The highest BCUT2D eigenvalue weighted by atomic mass is 35.5. The van der Waals surface area contributed by atoms with Crippen LogP contribution in [0.2, 0.25) is 0 Å². The molecule has 0 aliphatic rings.